The smallest absolute Gasteiger partial charge is 0.228 e. The van der Waals surface area contributed by atoms with Gasteiger partial charge >= 0.3 is 0 Å². The number of nitrogens with zero attached hydrogens (tertiary/aromatic N) is 1. The summed E-state index contributed by atoms with van der Waals surface area (Å²) in [6.07, 6.45) is 0.953. The Balaban J connectivity index is 1.65. The van der Waals surface area contributed by atoms with Crippen LogP contribution in [0.2, 0.25) is 0 Å². The van der Waals surface area contributed by atoms with Gasteiger partial charge < -0.3 is 10.1 Å². The first-order valence-electron chi connectivity index (χ1n) is 9.52. The van der Waals surface area contributed by atoms with Gasteiger partial charge in [-0.1, -0.05) is 18.2 Å². The van der Waals surface area contributed by atoms with Gasteiger partial charge in [0.15, 0.2) is 0 Å². The van der Waals surface area contributed by atoms with Gasteiger partial charge in [-0.05, 0) is 61.2 Å². The minimum Gasteiger partial charge on any atom is -0.494 e. The number of anilines is 1. The second kappa shape index (κ2) is 8.75. The Bertz CT molecular complexity index is 939. The van der Waals surface area contributed by atoms with Gasteiger partial charge in [0.25, 0.3) is 0 Å². The van der Waals surface area contributed by atoms with Gasteiger partial charge in [0.2, 0.25) is 15.9 Å². The van der Waals surface area contributed by atoms with Crippen molar-refractivity contribution >= 4 is 21.6 Å². The average Bonchev–Trinajstić information content (AvgIpc) is 2.69. The first kappa shape index (κ1) is 20.4. The zero-order valence-corrected chi connectivity index (χ0v) is 17.1. The molecule has 3 rings (SSSR count). The Morgan fingerprint density at radius 3 is 2.54 bits per heavy atom. The quantitative estimate of drug-likeness (QED) is 0.773. The van der Waals surface area contributed by atoms with E-state index >= 15 is 0 Å². The van der Waals surface area contributed by atoms with Crippen LogP contribution in [0.25, 0.3) is 0 Å². The van der Waals surface area contributed by atoms with Crippen molar-refractivity contribution in [3.8, 4) is 5.75 Å². The summed E-state index contributed by atoms with van der Waals surface area (Å²) >= 11 is 0. The van der Waals surface area contributed by atoms with E-state index < -0.39 is 10.0 Å². The molecule has 28 heavy (non-hydrogen) atoms. The lowest BCUT2D eigenvalue weighted by molar-refractivity contribution is -0.115. The van der Waals surface area contributed by atoms with Crippen LogP contribution in [0.4, 0.5) is 5.69 Å². The number of ether oxygens (including phenoxy) is 1. The van der Waals surface area contributed by atoms with Crippen LogP contribution in [0.3, 0.4) is 0 Å². The lowest BCUT2D eigenvalue weighted by Gasteiger charge is -2.28. The molecular formula is C21H26N2O4S. The van der Waals surface area contributed by atoms with Crippen LogP contribution in [0, 0.1) is 0 Å². The van der Waals surface area contributed by atoms with E-state index in [9.17, 15) is 13.2 Å². The van der Waals surface area contributed by atoms with E-state index in [1.807, 2.05) is 49.4 Å². The van der Waals surface area contributed by atoms with Crippen LogP contribution in [-0.2, 0) is 34.2 Å². The van der Waals surface area contributed by atoms with Crippen molar-refractivity contribution in [3.63, 3.8) is 0 Å². The van der Waals surface area contributed by atoms with E-state index in [2.05, 4.69) is 5.32 Å². The molecule has 0 spiro atoms. The van der Waals surface area contributed by atoms with Gasteiger partial charge in [-0.2, -0.15) is 4.31 Å². The predicted octanol–water partition coefficient (Wildman–Crippen LogP) is 2.97. The second-order valence-electron chi connectivity index (χ2n) is 6.77. The third-order valence-corrected chi connectivity index (χ3v) is 6.65. The maximum Gasteiger partial charge on any atom is 0.228 e. The molecule has 150 valence electrons. The van der Waals surface area contributed by atoms with E-state index in [1.54, 1.807) is 6.92 Å². The Morgan fingerprint density at radius 2 is 1.86 bits per heavy atom. The van der Waals surface area contributed by atoms with E-state index in [1.165, 1.54) is 4.31 Å². The van der Waals surface area contributed by atoms with Crippen molar-refractivity contribution in [1.29, 1.82) is 0 Å². The highest BCUT2D eigenvalue weighted by Gasteiger charge is 2.25. The number of hydrogen-bond donors (Lipinski definition) is 1. The number of fused-ring (bicyclic) bond motifs is 1. The van der Waals surface area contributed by atoms with Gasteiger partial charge in [0.05, 0.1) is 18.8 Å². The highest BCUT2D eigenvalue weighted by atomic mass is 32.2. The highest BCUT2D eigenvalue weighted by Crippen LogP contribution is 2.24. The summed E-state index contributed by atoms with van der Waals surface area (Å²) in [5.74, 6) is 0.770. The van der Waals surface area contributed by atoms with Crippen LogP contribution in [0.5, 0.6) is 5.75 Å². The fourth-order valence-corrected chi connectivity index (χ4v) is 4.36. The van der Waals surface area contributed by atoms with Crippen LogP contribution in [0.15, 0.2) is 42.5 Å². The third kappa shape index (κ3) is 4.91. The minimum atomic E-state index is -3.21. The van der Waals surface area contributed by atoms with Crippen molar-refractivity contribution in [2.45, 2.75) is 33.2 Å². The molecule has 1 aliphatic rings. The standard InChI is InChI=1S/C21H26N2O4S/c1-3-27-20-9-5-16(6-10-20)13-21(24)22-19-8-7-17-11-12-23(15-18(17)14-19)28(25,26)4-2/h5-10,14H,3-4,11-13,15H2,1-2H3,(H,22,24). The Hall–Kier alpha value is -2.38. The summed E-state index contributed by atoms with van der Waals surface area (Å²) in [5.41, 5.74) is 3.67. The lowest BCUT2D eigenvalue weighted by Crippen LogP contribution is -2.36. The van der Waals surface area contributed by atoms with E-state index in [-0.39, 0.29) is 18.1 Å². The number of sulfonamides is 1. The summed E-state index contributed by atoms with van der Waals surface area (Å²) in [6.45, 7) is 5.05. The molecule has 0 saturated carbocycles. The second-order valence-corrected chi connectivity index (χ2v) is 9.03. The molecule has 7 heteroatoms. The summed E-state index contributed by atoms with van der Waals surface area (Å²) in [5, 5.41) is 2.91. The van der Waals surface area contributed by atoms with Crippen molar-refractivity contribution in [2.24, 2.45) is 0 Å². The summed E-state index contributed by atoms with van der Waals surface area (Å²) in [6, 6.07) is 13.2. The molecule has 1 heterocycles. The maximum absolute atomic E-state index is 12.4. The predicted molar refractivity (Wildman–Crippen MR) is 110 cm³/mol. The molecule has 0 atom stereocenters. The topological polar surface area (TPSA) is 75.7 Å². The van der Waals surface area contributed by atoms with Crippen molar-refractivity contribution < 1.29 is 17.9 Å². The number of rotatable bonds is 7. The number of benzene rings is 2. The average molecular weight is 403 g/mol. The van der Waals surface area contributed by atoms with Gasteiger partial charge in [-0.3, -0.25) is 4.79 Å². The molecule has 0 bridgehead atoms. The minimum absolute atomic E-state index is 0.0981. The SMILES string of the molecule is CCOc1ccc(CC(=O)Nc2ccc3c(c2)CN(S(=O)(=O)CC)CC3)cc1. The normalized spacial score (nSPS) is 14.4. The van der Waals surface area contributed by atoms with Crippen LogP contribution < -0.4 is 10.1 Å². The molecule has 2 aromatic rings. The molecule has 1 amide bonds. The zero-order chi connectivity index (χ0) is 20.1. The Labute approximate surface area is 166 Å². The number of nitrogens with one attached hydrogen (secondary N) is 1. The highest BCUT2D eigenvalue weighted by molar-refractivity contribution is 7.89. The number of amides is 1. The van der Waals surface area contributed by atoms with Gasteiger partial charge in [-0.25, -0.2) is 8.42 Å². The van der Waals surface area contributed by atoms with Crippen LogP contribution >= 0.6 is 0 Å². The molecule has 6 nitrogen and oxygen atoms in total. The van der Waals surface area contributed by atoms with Gasteiger partial charge in [0.1, 0.15) is 5.75 Å². The molecule has 0 radical (unpaired) electrons. The third-order valence-electron chi connectivity index (χ3n) is 4.82. The van der Waals surface area contributed by atoms with Crippen LogP contribution in [-0.4, -0.2) is 37.5 Å². The Kier molecular flexibility index (Phi) is 6.36. The summed E-state index contributed by atoms with van der Waals surface area (Å²) in [7, 11) is -3.21. The fourth-order valence-electron chi connectivity index (χ4n) is 3.29. The molecule has 0 fully saturated rings. The molecule has 1 N–H and O–H groups in total. The van der Waals surface area contributed by atoms with Crippen molar-refractivity contribution in [3.05, 3.63) is 59.2 Å². The molecule has 0 unspecified atom stereocenters. The number of carbonyl (C=O) groups excluding carboxylic acids is 1. The van der Waals surface area contributed by atoms with Crippen molar-refractivity contribution in [1.82, 2.24) is 4.31 Å². The maximum atomic E-state index is 12.4. The summed E-state index contributed by atoms with van der Waals surface area (Å²) < 4.78 is 31.2. The van der Waals surface area contributed by atoms with Crippen LogP contribution in [0.1, 0.15) is 30.5 Å². The zero-order valence-electron chi connectivity index (χ0n) is 16.3. The first-order chi connectivity index (χ1) is 13.4. The monoisotopic (exact) mass is 402 g/mol. The number of carbonyl (C=O) groups is 1. The van der Waals surface area contributed by atoms with E-state index in [0.29, 0.717) is 31.8 Å². The molecule has 0 aliphatic carbocycles. The molecule has 0 saturated heterocycles. The molecule has 2 aromatic carbocycles. The Morgan fingerprint density at radius 1 is 1.11 bits per heavy atom. The van der Waals surface area contributed by atoms with Crippen molar-refractivity contribution in [2.75, 3.05) is 24.2 Å². The summed E-state index contributed by atoms with van der Waals surface area (Å²) in [4.78, 5) is 12.4. The first-order valence-corrected chi connectivity index (χ1v) is 11.1. The van der Waals surface area contributed by atoms with Gasteiger partial charge in [0, 0.05) is 18.8 Å². The molecule has 1 aliphatic heterocycles. The van der Waals surface area contributed by atoms with E-state index in [0.717, 1.165) is 22.4 Å². The van der Waals surface area contributed by atoms with Gasteiger partial charge in [-0.15, -0.1) is 0 Å². The lowest BCUT2D eigenvalue weighted by atomic mass is 10.0. The number of hydrogen-bond acceptors (Lipinski definition) is 4. The fraction of sp³-hybridized carbons (Fsp3) is 0.381. The van der Waals surface area contributed by atoms with E-state index in [4.69, 9.17) is 4.74 Å². The largest absolute Gasteiger partial charge is 0.494 e. The molecular weight excluding hydrogens is 376 g/mol. The molecule has 0 aromatic heterocycles.